The van der Waals surface area contributed by atoms with Gasteiger partial charge in [0, 0.05) is 42.2 Å². The third-order valence-corrected chi connectivity index (χ3v) is 6.72. The van der Waals surface area contributed by atoms with Crippen LogP contribution in [0.2, 0.25) is 0 Å². The molecule has 1 amide bonds. The number of hydrogen-bond acceptors (Lipinski definition) is 6. The van der Waals surface area contributed by atoms with Gasteiger partial charge in [0.05, 0.1) is 18.9 Å². The number of carbonyl (C=O) groups is 2. The summed E-state index contributed by atoms with van der Waals surface area (Å²) in [6.45, 7) is 2.82. The van der Waals surface area contributed by atoms with Crippen LogP contribution < -0.4 is 15.2 Å². The van der Waals surface area contributed by atoms with Gasteiger partial charge in [0.1, 0.15) is 17.3 Å². The average Bonchev–Trinajstić information content (AvgIpc) is 3.55. The van der Waals surface area contributed by atoms with E-state index in [0.29, 0.717) is 47.9 Å². The fraction of sp³-hybridized carbons (Fsp3) is 0.214. The Hall–Kier alpha value is -4.73. The lowest BCUT2D eigenvalue weighted by Gasteiger charge is -2.28. The summed E-state index contributed by atoms with van der Waals surface area (Å²) in [5.74, 6) is -0.623. The molecule has 2 aromatic carbocycles. The molecule has 0 saturated heterocycles. The van der Waals surface area contributed by atoms with Gasteiger partial charge in [0.25, 0.3) is 11.5 Å². The fourth-order valence-electron chi connectivity index (χ4n) is 4.92. The van der Waals surface area contributed by atoms with Crippen molar-refractivity contribution in [3.05, 3.63) is 99.5 Å². The van der Waals surface area contributed by atoms with Gasteiger partial charge in [0.2, 0.25) is 0 Å². The fourth-order valence-corrected chi connectivity index (χ4v) is 4.92. The highest BCUT2D eigenvalue weighted by molar-refractivity contribution is 6.09. The highest BCUT2D eigenvalue weighted by Crippen LogP contribution is 2.32. The summed E-state index contributed by atoms with van der Waals surface area (Å²) in [6, 6.07) is 14.6. The van der Waals surface area contributed by atoms with Gasteiger partial charge in [-0.15, -0.1) is 0 Å². The molecule has 0 radical (unpaired) electrons. The molecule has 0 bridgehead atoms. The minimum absolute atomic E-state index is 0.132. The molecule has 9 nitrogen and oxygen atoms in total. The lowest BCUT2D eigenvalue weighted by atomic mass is 10.0. The molecule has 0 unspecified atom stereocenters. The van der Waals surface area contributed by atoms with Crippen LogP contribution in [0.25, 0.3) is 11.4 Å². The van der Waals surface area contributed by atoms with Gasteiger partial charge in [0.15, 0.2) is 5.69 Å². The minimum Gasteiger partial charge on any atom is -0.493 e. The molecule has 0 spiro atoms. The van der Waals surface area contributed by atoms with E-state index in [1.165, 1.54) is 9.25 Å². The van der Waals surface area contributed by atoms with Gasteiger partial charge in [-0.2, -0.15) is 5.10 Å². The summed E-state index contributed by atoms with van der Waals surface area (Å²) in [4.78, 5) is 40.4. The molecule has 6 rings (SSSR count). The van der Waals surface area contributed by atoms with Crippen LogP contribution in [0.5, 0.6) is 5.75 Å². The first-order valence-electron chi connectivity index (χ1n) is 12.3. The standard InChI is InChI=1S/C28H23FN4O5/c1-2-37-28(36)25-22-11-13-31(19-4-6-20(7-5-19)32-16-18(29)3-10-24(32)34)27(35)26(22)33(30-25)21-8-9-23-17(15-21)12-14-38-23/h3-10,15-16H,2,11-14H2,1H3. The second-order valence-corrected chi connectivity index (χ2v) is 8.98. The summed E-state index contributed by atoms with van der Waals surface area (Å²) in [6.07, 6.45) is 2.26. The van der Waals surface area contributed by atoms with E-state index in [-0.39, 0.29) is 23.8 Å². The van der Waals surface area contributed by atoms with Crippen molar-refractivity contribution < 1.29 is 23.5 Å². The number of benzene rings is 2. The van der Waals surface area contributed by atoms with Gasteiger partial charge in [-0.05, 0) is 67.4 Å². The molecule has 2 aliphatic rings. The van der Waals surface area contributed by atoms with Gasteiger partial charge >= 0.3 is 5.97 Å². The van der Waals surface area contributed by atoms with Crippen LogP contribution in [-0.2, 0) is 17.6 Å². The number of ether oxygens (including phenoxy) is 2. The van der Waals surface area contributed by atoms with E-state index in [4.69, 9.17) is 9.47 Å². The number of pyridine rings is 1. The largest absolute Gasteiger partial charge is 0.493 e. The number of hydrogen-bond donors (Lipinski definition) is 0. The molecular weight excluding hydrogens is 491 g/mol. The highest BCUT2D eigenvalue weighted by Gasteiger charge is 2.35. The lowest BCUT2D eigenvalue weighted by molar-refractivity contribution is 0.0517. The predicted octanol–water partition coefficient (Wildman–Crippen LogP) is 3.48. The summed E-state index contributed by atoms with van der Waals surface area (Å²) < 4.78 is 27.2. The van der Waals surface area contributed by atoms with E-state index in [9.17, 15) is 18.8 Å². The Balaban J connectivity index is 1.39. The van der Waals surface area contributed by atoms with E-state index in [0.717, 1.165) is 36.1 Å². The van der Waals surface area contributed by atoms with E-state index >= 15 is 0 Å². The van der Waals surface area contributed by atoms with E-state index in [1.807, 2.05) is 18.2 Å². The van der Waals surface area contributed by atoms with Crippen LogP contribution in [0, 0.1) is 5.82 Å². The second-order valence-electron chi connectivity index (χ2n) is 8.98. The first kappa shape index (κ1) is 23.7. The molecular formula is C28H23FN4O5. The Morgan fingerprint density at radius 2 is 1.79 bits per heavy atom. The van der Waals surface area contributed by atoms with Crippen molar-refractivity contribution in [2.75, 3.05) is 24.7 Å². The predicted molar refractivity (Wildman–Crippen MR) is 136 cm³/mol. The van der Waals surface area contributed by atoms with Crippen LogP contribution in [0.3, 0.4) is 0 Å². The first-order chi connectivity index (χ1) is 18.4. The van der Waals surface area contributed by atoms with E-state index in [1.54, 1.807) is 36.1 Å². The van der Waals surface area contributed by atoms with Gasteiger partial charge in [-0.3, -0.25) is 14.2 Å². The van der Waals surface area contributed by atoms with Crippen molar-refractivity contribution in [3.63, 3.8) is 0 Å². The Morgan fingerprint density at radius 3 is 2.58 bits per heavy atom. The Labute approximate surface area is 216 Å². The third kappa shape index (κ3) is 3.94. The molecule has 192 valence electrons. The summed E-state index contributed by atoms with van der Waals surface area (Å²) >= 11 is 0. The quantitative estimate of drug-likeness (QED) is 0.379. The van der Waals surface area contributed by atoms with Crippen molar-refractivity contribution >= 4 is 17.6 Å². The van der Waals surface area contributed by atoms with Crippen LogP contribution in [0.1, 0.15) is 39.0 Å². The van der Waals surface area contributed by atoms with Crippen LogP contribution in [0.4, 0.5) is 10.1 Å². The molecule has 2 aromatic heterocycles. The van der Waals surface area contributed by atoms with Gasteiger partial charge in [-0.25, -0.2) is 13.9 Å². The number of carbonyl (C=O) groups excluding carboxylic acids is 2. The van der Waals surface area contributed by atoms with E-state index in [2.05, 4.69) is 5.10 Å². The Morgan fingerprint density at radius 1 is 1.03 bits per heavy atom. The van der Waals surface area contributed by atoms with Crippen molar-refractivity contribution in [1.82, 2.24) is 14.3 Å². The summed E-state index contributed by atoms with van der Waals surface area (Å²) in [5, 5.41) is 4.54. The van der Waals surface area contributed by atoms with Gasteiger partial charge < -0.3 is 14.4 Å². The molecule has 0 N–H and O–H groups in total. The minimum atomic E-state index is -0.571. The maximum absolute atomic E-state index is 13.9. The monoisotopic (exact) mass is 514 g/mol. The zero-order chi connectivity index (χ0) is 26.4. The molecule has 4 heterocycles. The van der Waals surface area contributed by atoms with Crippen LogP contribution in [-0.4, -0.2) is 46.0 Å². The van der Waals surface area contributed by atoms with Crippen molar-refractivity contribution in [1.29, 1.82) is 0 Å². The van der Waals surface area contributed by atoms with Crippen molar-refractivity contribution in [2.24, 2.45) is 0 Å². The summed E-state index contributed by atoms with van der Waals surface area (Å²) in [5.41, 5.74) is 3.33. The zero-order valence-electron chi connectivity index (χ0n) is 20.5. The smallest absolute Gasteiger partial charge is 0.359 e. The van der Waals surface area contributed by atoms with Crippen molar-refractivity contribution in [3.8, 4) is 17.1 Å². The molecule has 4 aromatic rings. The highest BCUT2D eigenvalue weighted by atomic mass is 19.1. The number of nitrogens with zero attached hydrogens (tertiary/aromatic N) is 4. The molecule has 10 heteroatoms. The maximum atomic E-state index is 13.9. The number of esters is 1. The average molecular weight is 515 g/mol. The topological polar surface area (TPSA) is 95.7 Å². The first-order valence-corrected chi connectivity index (χ1v) is 12.3. The SMILES string of the molecule is CCOC(=O)c1nn(-c2ccc3c(c2)CCO3)c2c1CCN(c1ccc(-n3cc(F)ccc3=O)cc1)C2=O. The normalized spacial score (nSPS) is 14.2. The Bertz CT molecular complexity index is 1640. The molecule has 0 atom stereocenters. The number of amides is 1. The molecule has 2 aliphatic heterocycles. The molecule has 0 fully saturated rings. The van der Waals surface area contributed by atoms with Crippen LogP contribution in [0.15, 0.2) is 65.6 Å². The van der Waals surface area contributed by atoms with Crippen LogP contribution >= 0.6 is 0 Å². The lowest BCUT2D eigenvalue weighted by Crippen LogP contribution is -2.39. The zero-order valence-corrected chi connectivity index (χ0v) is 20.5. The third-order valence-electron chi connectivity index (χ3n) is 6.72. The second kappa shape index (κ2) is 9.29. The molecule has 38 heavy (non-hydrogen) atoms. The number of fused-ring (bicyclic) bond motifs is 2. The van der Waals surface area contributed by atoms with E-state index < -0.39 is 11.8 Å². The van der Waals surface area contributed by atoms with Crippen molar-refractivity contribution in [2.45, 2.75) is 19.8 Å². The molecule has 0 saturated carbocycles. The maximum Gasteiger partial charge on any atom is 0.359 e. The number of aromatic nitrogens is 3. The molecule has 0 aliphatic carbocycles. The number of halogens is 1. The Kier molecular flexibility index (Phi) is 5.79. The van der Waals surface area contributed by atoms with Gasteiger partial charge in [-0.1, -0.05) is 0 Å². The number of anilines is 1. The summed E-state index contributed by atoms with van der Waals surface area (Å²) in [7, 11) is 0. The number of rotatable bonds is 5.